The zero-order valence-corrected chi connectivity index (χ0v) is 16.2. The van der Waals surface area contributed by atoms with E-state index >= 15 is 0 Å². The summed E-state index contributed by atoms with van der Waals surface area (Å²) in [6, 6.07) is 5.79. The second-order valence-electron chi connectivity index (χ2n) is 5.76. The van der Waals surface area contributed by atoms with Crippen LogP contribution in [0, 0.1) is 5.92 Å². The molecule has 1 heterocycles. The average Bonchev–Trinajstić information content (AvgIpc) is 2.53. The largest absolute Gasteiger partial charge is 0.496 e. The predicted octanol–water partition coefficient (Wildman–Crippen LogP) is 3.27. The van der Waals surface area contributed by atoms with E-state index in [0.717, 1.165) is 54.8 Å². The molecule has 1 aromatic carbocycles. The number of ether oxygens (including phenoxy) is 1. The van der Waals surface area contributed by atoms with Crippen molar-refractivity contribution in [3.05, 3.63) is 28.2 Å². The van der Waals surface area contributed by atoms with Crippen LogP contribution < -0.4 is 10.1 Å². The van der Waals surface area contributed by atoms with Crippen LogP contribution in [0.2, 0.25) is 0 Å². The third-order valence-electron chi connectivity index (χ3n) is 4.23. The maximum Gasteiger partial charge on any atom is 0.227 e. The van der Waals surface area contributed by atoms with E-state index in [1.807, 2.05) is 23.1 Å². The van der Waals surface area contributed by atoms with Gasteiger partial charge in [-0.15, -0.1) is 12.4 Å². The maximum atomic E-state index is 12.5. The van der Waals surface area contributed by atoms with Crippen LogP contribution in [0.3, 0.4) is 0 Å². The number of benzene rings is 1. The Kier molecular flexibility index (Phi) is 8.95. The van der Waals surface area contributed by atoms with Crippen molar-refractivity contribution in [2.24, 2.45) is 5.92 Å². The summed E-state index contributed by atoms with van der Waals surface area (Å²) in [5, 5.41) is 3.40. The van der Waals surface area contributed by atoms with Crippen LogP contribution in [0.1, 0.15) is 25.3 Å². The lowest BCUT2D eigenvalue weighted by Gasteiger charge is -2.32. The number of amides is 1. The first-order chi connectivity index (χ1) is 10.6. The SMILES string of the molecule is CCNCC1CCN(C(=O)Cc2cc(Br)ccc2OC)CC1.Cl. The Hall–Kier alpha value is -0.780. The molecule has 1 N–H and O–H groups in total. The maximum absolute atomic E-state index is 12.5. The predicted molar refractivity (Wildman–Crippen MR) is 99.5 cm³/mol. The molecular formula is C17H26BrClN2O2. The molecular weight excluding hydrogens is 380 g/mol. The summed E-state index contributed by atoms with van der Waals surface area (Å²) >= 11 is 3.46. The van der Waals surface area contributed by atoms with E-state index < -0.39 is 0 Å². The van der Waals surface area contributed by atoms with Crippen molar-refractivity contribution < 1.29 is 9.53 Å². The molecule has 6 heteroatoms. The Morgan fingerprint density at radius 2 is 2.09 bits per heavy atom. The minimum Gasteiger partial charge on any atom is -0.496 e. The van der Waals surface area contributed by atoms with Gasteiger partial charge in [0.2, 0.25) is 5.91 Å². The molecule has 0 atom stereocenters. The van der Waals surface area contributed by atoms with Gasteiger partial charge in [0.05, 0.1) is 13.5 Å². The van der Waals surface area contributed by atoms with Gasteiger partial charge in [-0.2, -0.15) is 0 Å². The molecule has 4 nitrogen and oxygen atoms in total. The van der Waals surface area contributed by atoms with Gasteiger partial charge in [-0.1, -0.05) is 22.9 Å². The summed E-state index contributed by atoms with van der Waals surface area (Å²) in [6.07, 6.45) is 2.59. The van der Waals surface area contributed by atoms with Gasteiger partial charge in [-0.05, 0) is 50.0 Å². The zero-order chi connectivity index (χ0) is 15.9. The lowest BCUT2D eigenvalue weighted by molar-refractivity contribution is -0.131. The third kappa shape index (κ3) is 5.98. The van der Waals surface area contributed by atoms with Crippen LogP contribution in [0.25, 0.3) is 0 Å². The van der Waals surface area contributed by atoms with Crippen LogP contribution >= 0.6 is 28.3 Å². The van der Waals surface area contributed by atoms with Crippen molar-refractivity contribution in [1.82, 2.24) is 10.2 Å². The van der Waals surface area contributed by atoms with E-state index in [1.165, 1.54) is 0 Å². The Morgan fingerprint density at radius 3 is 2.70 bits per heavy atom. The van der Waals surface area contributed by atoms with E-state index in [-0.39, 0.29) is 18.3 Å². The van der Waals surface area contributed by atoms with Gasteiger partial charge in [0, 0.05) is 23.1 Å². The Morgan fingerprint density at radius 1 is 1.39 bits per heavy atom. The van der Waals surface area contributed by atoms with Gasteiger partial charge in [-0.3, -0.25) is 4.79 Å². The lowest BCUT2D eigenvalue weighted by Crippen LogP contribution is -2.41. The van der Waals surface area contributed by atoms with Gasteiger partial charge < -0.3 is 15.0 Å². The van der Waals surface area contributed by atoms with Crippen molar-refractivity contribution in [3.8, 4) is 5.75 Å². The van der Waals surface area contributed by atoms with Gasteiger partial charge >= 0.3 is 0 Å². The molecule has 1 aliphatic heterocycles. The number of likely N-dealkylation sites (tertiary alicyclic amines) is 1. The van der Waals surface area contributed by atoms with Crippen LogP contribution in [-0.2, 0) is 11.2 Å². The standard InChI is InChI=1S/C17H25BrN2O2.ClH/c1-3-19-12-13-6-8-20(9-7-13)17(21)11-14-10-15(18)4-5-16(14)22-2;/h4-5,10,13,19H,3,6-9,11-12H2,1-2H3;1H. The van der Waals surface area contributed by atoms with Crippen LogP contribution in [0.4, 0.5) is 0 Å². The van der Waals surface area contributed by atoms with Crippen LogP contribution in [0.5, 0.6) is 5.75 Å². The van der Waals surface area contributed by atoms with Crippen molar-refractivity contribution in [3.63, 3.8) is 0 Å². The number of nitrogens with one attached hydrogen (secondary N) is 1. The fourth-order valence-corrected chi connectivity index (χ4v) is 3.30. The molecule has 1 aromatic rings. The van der Waals surface area contributed by atoms with Gasteiger partial charge in [0.15, 0.2) is 0 Å². The fourth-order valence-electron chi connectivity index (χ4n) is 2.89. The molecule has 23 heavy (non-hydrogen) atoms. The number of hydrogen-bond donors (Lipinski definition) is 1. The van der Waals surface area contributed by atoms with E-state index in [9.17, 15) is 4.79 Å². The number of halogens is 2. The fraction of sp³-hybridized carbons (Fsp3) is 0.588. The summed E-state index contributed by atoms with van der Waals surface area (Å²) in [5.74, 6) is 1.67. The monoisotopic (exact) mass is 404 g/mol. The highest BCUT2D eigenvalue weighted by atomic mass is 79.9. The summed E-state index contributed by atoms with van der Waals surface area (Å²) in [7, 11) is 1.64. The first kappa shape index (κ1) is 20.3. The first-order valence-corrected chi connectivity index (χ1v) is 8.74. The van der Waals surface area contributed by atoms with Crippen molar-refractivity contribution >= 4 is 34.2 Å². The molecule has 1 fully saturated rings. The molecule has 0 aromatic heterocycles. The topological polar surface area (TPSA) is 41.6 Å². The highest BCUT2D eigenvalue weighted by molar-refractivity contribution is 9.10. The highest BCUT2D eigenvalue weighted by Crippen LogP contribution is 2.25. The van der Waals surface area contributed by atoms with Crippen molar-refractivity contribution in [1.29, 1.82) is 0 Å². The molecule has 0 aliphatic carbocycles. The molecule has 1 amide bonds. The molecule has 0 saturated carbocycles. The second-order valence-corrected chi connectivity index (χ2v) is 6.68. The number of piperidine rings is 1. The Labute approximate surface area is 153 Å². The Bertz CT molecular complexity index is 505. The molecule has 0 spiro atoms. The minimum absolute atomic E-state index is 0. The summed E-state index contributed by atoms with van der Waals surface area (Å²) < 4.78 is 6.32. The smallest absolute Gasteiger partial charge is 0.227 e. The first-order valence-electron chi connectivity index (χ1n) is 7.95. The van der Waals surface area contributed by atoms with Crippen LogP contribution in [-0.4, -0.2) is 44.1 Å². The quantitative estimate of drug-likeness (QED) is 0.790. The van der Waals surface area contributed by atoms with Gasteiger partial charge in [-0.25, -0.2) is 0 Å². The second kappa shape index (κ2) is 10.2. The van der Waals surface area contributed by atoms with Gasteiger partial charge in [0.1, 0.15) is 5.75 Å². The molecule has 130 valence electrons. The number of hydrogen-bond acceptors (Lipinski definition) is 3. The summed E-state index contributed by atoms with van der Waals surface area (Å²) in [5.41, 5.74) is 0.941. The highest BCUT2D eigenvalue weighted by Gasteiger charge is 2.23. The molecule has 2 rings (SSSR count). The number of nitrogens with zero attached hydrogens (tertiary/aromatic N) is 1. The molecule has 1 saturated heterocycles. The van der Waals surface area contributed by atoms with E-state index in [2.05, 4.69) is 28.2 Å². The van der Waals surface area contributed by atoms with E-state index in [0.29, 0.717) is 12.3 Å². The Balaban J connectivity index is 0.00000264. The average molecular weight is 406 g/mol. The molecule has 0 unspecified atom stereocenters. The minimum atomic E-state index is 0. The number of rotatable bonds is 6. The van der Waals surface area contributed by atoms with Crippen LogP contribution in [0.15, 0.2) is 22.7 Å². The zero-order valence-electron chi connectivity index (χ0n) is 13.8. The van der Waals surface area contributed by atoms with E-state index in [1.54, 1.807) is 7.11 Å². The number of methoxy groups -OCH3 is 1. The van der Waals surface area contributed by atoms with Crippen molar-refractivity contribution in [2.45, 2.75) is 26.2 Å². The normalized spacial score (nSPS) is 15.2. The number of carbonyl (C=O) groups excluding carboxylic acids is 1. The lowest BCUT2D eigenvalue weighted by atomic mass is 9.96. The summed E-state index contributed by atoms with van der Waals surface area (Å²) in [4.78, 5) is 14.5. The summed E-state index contributed by atoms with van der Waals surface area (Å²) in [6.45, 7) is 5.94. The van der Waals surface area contributed by atoms with E-state index in [4.69, 9.17) is 4.74 Å². The van der Waals surface area contributed by atoms with Gasteiger partial charge in [0.25, 0.3) is 0 Å². The molecule has 1 aliphatic rings. The number of carbonyl (C=O) groups is 1. The third-order valence-corrected chi connectivity index (χ3v) is 4.73. The molecule has 0 radical (unpaired) electrons. The van der Waals surface area contributed by atoms with Crippen molar-refractivity contribution in [2.75, 3.05) is 33.3 Å². The molecule has 0 bridgehead atoms.